The molecule has 0 saturated carbocycles. The third-order valence-corrected chi connectivity index (χ3v) is 2.86. The Morgan fingerprint density at radius 2 is 2.11 bits per heavy atom. The maximum absolute atomic E-state index is 13.2. The molecule has 0 bridgehead atoms. The number of nitro groups is 1. The lowest BCUT2D eigenvalue weighted by Gasteiger charge is -2.17. The van der Waals surface area contributed by atoms with E-state index in [0.29, 0.717) is 5.69 Å². The number of unbranched alkanes of at least 4 members (excludes halogenated alkanes) is 1. The summed E-state index contributed by atoms with van der Waals surface area (Å²) in [5.74, 6) is -0.586. The summed E-state index contributed by atoms with van der Waals surface area (Å²) >= 11 is 0. The van der Waals surface area contributed by atoms with Gasteiger partial charge in [-0.15, -0.1) is 0 Å². The van der Waals surface area contributed by atoms with Crippen molar-refractivity contribution >= 4 is 11.4 Å². The molecule has 1 N–H and O–H groups in total. The molecule has 4 nitrogen and oxygen atoms in total. The summed E-state index contributed by atoms with van der Waals surface area (Å²) in [7, 11) is 0. The van der Waals surface area contributed by atoms with Gasteiger partial charge in [0.1, 0.15) is 5.82 Å². The van der Waals surface area contributed by atoms with Gasteiger partial charge in [0, 0.05) is 17.8 Å². The Labute approximate surface area is 106 Å². The molecule has 1 aromatic carbocycles. The molecule has 1 rings (SSSR count). The first kappa shape index (κ1) is 14.4. The van der Waals surface area contributed by atoms with Crippen LogP contribution in [0.15, 0.2) is 18.2 Å². The molecule has 0 aromatic heterocycles. The van der Waals surface area contributed by atoms with Crippen LogP contribution in [-0.4, -0.2) is 11.0 Å². The van der Waals surface area contributed by atoms with Gasteiger partial charge in [0.25, 0.3) is 5.69 Å². The van der Waals surface area contributed by atoms with Crippen LogP contribution in [0.5, 0.6) is 0 Å². The number of hydrogen-bond acceptors (Lipinski definition) is 3. The third-order valence-electron chi connectivity index (χ3n) is 2.86. The second kappa shape index (κ2) is 6.93. The number of nitro benzene ring substituents is 1. The van der Waals surface area contributed by atoms with E-state index in [0.717, 1.165) is 31.7 Å². The highest BCUT2D eigenvalue weighted by molar-refractivity contribution is 5.52. The molecule has 0 radical (unpaired) electrons. The topological polar surface area (TPSA) is 55.2 Å². The maximum atomic E-state index is 13.2. The molecular weight excluding hydrogens is 235 g/mol. The molecule has 0 aliphatic carbocycles. The lowest BCUT2D eigenvalue weighted by atomic mass is 10.1. The number of anilines is 1. The maximum Gasteiger partial charge on any atom is 0.274 e. The molecule has 100 valence electrons. The second-order valence-corrected chi connectivity index (χ2v) is 4.35. The number of hydrogen-bond donors (Lipinski definition) is 1. The van der Waals surface area contributed by atoms with Crippen molar-refractivity contribution in [3.63, 3.8) is 0 Å². The fraction of sp³-hybridized carbons (Fsp3) is 0.538. The van der Waals surface area contributed by atoms with E-state index in [1.807, 2.05) is 6.92 Å². The minimum absolute atomic E-state index is 0.220. The number of benzene rings is 1. The fourth-order valence-corrected chi connectivity index (χ4v) is 1.83. The van der Waals surface area contributed by atoms with Crippen LogP contribution in [0.2, 0.25) is 0 Å². The number of nitrogens with zero attached hydrogens (tertiary/aromatic N) is 1. The summed E-state index contributed by atoms with van der Waals surface area (Å²) in [6.07, 6.45) is 4.08. The van der Waals surface area contributed by atoms with E-state index in [1.165, 1.54) is 12.1 Å². The first-order chi connectivity index (χ1) is 8.56. The average molecular weight is 254 g/mol. The summed E-state index contributed by atoms with van der Waals surface area (Å²) in [5, 5.41) is 13.8. The molecule has 0 fully saturated rings. The van der Waals surface area contributed by atoms with Crippen LogP contribution in [-0.2, 0) is 0 Å². The molecule has 0 aliphatic heterocycles. The van der Waals surface area contributed by atoms with E-state index in [1.54, 1.807) is 0 Å². The SMILES string of the molecule is CCCCC(CC)Nc1cc(F)cc([N+](=O)[O-])c1. The molecule has 5 heteroatoms. The summed E-state index contributed by atoms with van der Waals surface area (Å²) in [6, 6.07) is 3.82. The smallest absolute Gasteiger partial charge is 0.274 e. The van der Waals surface area contributed by atoms with Crippen LogP contribution in [0.4, 0.5) is 15.8 Å². The summed E-state index contributed by atoms with van der Waals surface area (Å²) in [4.78, 5) is 10.1. The normalized spacial score (nSPS) is 12.2. The largest absolute Gasteiger partial charge is 0.382 e. The minimum Gasteiger partial charge on any atom is -0.382 e. The molecule has 1 atom stereocenters. The van der Waals surface area contributed by atoms with Gasteiger partial charge in [-0.3, -0.25) is 10.1 Å². The van der Waals surface area contributed by atoms with Crippen molar-refractivity contribution in [2.75, 3.05) is 5.32 Å². The standard InChI is InChI=1S/C13H19FN2O2/c1-3-5-6-11(4-2)15-12-7-10(14)8-13(9-12)16(17)18/h7-9,11,15H,3-6H2,1-2H3. The van der Waals surface area contributed by atoms with Gasteiger partial charge in [0.05, 0.1) is 11.0 Å². The molecule has 0 amide bonds. The highest BCUT2D eigenvalue weighted by Crippen LogP contribution is 2.22. The second-order valence-electron chi connectivity index (χ2n) is 4.35. The lowest BCUT2D eigenvalue weighted by molar-refractivity contribution is -0.385. The molecule has 0 aliphatic rings. The quantitative estimate of drug-likeness (QED) is 0.588. The predicted molar refractivity (Wildman–Crippen MR) is 70.3 cm³/mol. The summed E-state index contributed by atoms with van der Waals surface area (Å²) in [5.41, 5.74) is 0.257. The first-order valence-corrected chi connectivity index (χ1v) is 6.28. The van der Waals surface area contributed by atoms with E-state index in [2.05, 4.69) is 12.2 Å². The Hall–Kier alpha value is -1.65. The third kappa shape index (κ3) is 4.31. The zero-order chi connectivity index (χ0) is 13.5. The number of non-ortho nitro benzene ring substituents is 1. The van der Waals surface area contributed by atoms with Crippen molar-refractivity contribution in [2.24, 2.45) is 0 Å². The Morgan fingerprint density at radius 3 is 2.67 bits per heavy atom. The van der Waals surface area contributed by atoms with Crippen molar-refractivity contribution in [3.8, 4) is 0 Å². The fourth-order valence-electron chi connectivity index (χ4n) is 1.83. The van der Waals surface area contributed by atoms with E-state index in [9.17, 15) is 14.5 Å². The Kier molecular flexibility index (Phi) is 5.55. The molecular formula is C13H19FN2O2. The zero-order valence-corrected chi connectivity index (χ0v) is 10.8. The van der Waals surface area contributed by atoms with Crippen LogP contribution < -0.4 is 5.32 Å². The van der Waals surface area contributed by atoms with Crippen LogP contribution in [0, 0.1) is 15.9 Å². The van der Waals surface area contributed by atoms with Gasteiger partial charge in [-0.2, -0.15) is 0 Å². The van der Waals surface area contributed by atoms with Crippen LogP contribution >= 0.6 is 0 Å². The molecule has 0 heterocycles. The minimum atomic E-state index is -0.586. The highest BCUT2D eigenvalue weighted by Gasteiger charge is 2.12. The molecule has 1 unspecified atom stereocenters. The lowest BCUT2D eigenvalue weighted by Crippen LogP contribution is -2.18. The number of rotatable bonds is 7. The van der Waals surface area contributed by atoms with Crippen molar-refractivity contribution in [2.45, 2.75) is 45.6 Å². The molecule has 18 heavy (non-hydrogen) atoms. The van der Waals surface area contributed by atoms with Gasteiger partial charge >= 0.3 is 0 Å². The summed E-state index contributed by atoms with van der Waals surface area (Å²) in [6.45, 7) is 4.15. The van der Waals surface area contributed by atoms with Crippen LogP contribution in [0.25, 0.3) is 0 Å². The van der Waals surface area contributed by atoms with Crippen molar-refractivity contribution in [1.29, 1.82) is 0 Å². The van der Waals surface area contributed by atoms with E-state index in [-0.39, 0.29) is 11.7 Å². The Bertz CT molecular complexity index is 410. The van der Waals surface area contributed by atoms with Gasteiger partial charge < -0.3 is 5.32 Å². The predicted octanol–water partition coefficient (Wildman–Crippen LogP) is 4.11. The van der Waals surface area contributed by atoms with Gasteiger partial charge in [-0.1, -0.05) is 26.7 Å². The summed E-state index contributed by atoms with van der Waals surface area (Å²) < 4.78 is 13.2. The van der Waals surface area contributed by atoms with Crippen molar-refractivity contribution in [3.05, 3.63) is 34.1 Å². The van der Waals surface area contributed by atoms with Gasteiger partial charge in [-0.25, -0.2) is 4.39 Å². The molecule has 0 spiro atoms. The van der Waals surface area contributed by atoms with Gasteiger partial charge in [0.2, 0.25) is 0 Å². The monoisotopic (exact) mass is 254 g/mol. The first-order valence-electron chi connectivity index (χ1n) is 6.28. The van der Waals surface area contributed by atoms with E-state index >= 15 is 0 Å². The molecule has 1 aromatic rings. The van der Waals surface area contributed by atoms with Crippen molar-refractivity contribution < 1.29 is 9.31 Å². The van der Waals surface area contributed by atoms with E-state index < -0.39 is 10.7 Å². The average Bonchev–Trinajstić information content (AvgIpc) is 2.33. The number of halogens is 1. The van der Waals surface area contributed by atoms with Crippen LogP contribution in [0.1, 0.15) is 39.5 Å². The van der Waals surface area contributed by atoms with E-state index in [4.69, 9.17) is 0 Å². The highest BCUT2D eigenvalue weighted by atomic mass is 19.1. The zero-order valence-electron chi connectivity index (χ0n) is 10.8. The van der Waals surface area contributed by atoms with Gasteiger partial charge in [-0.05, 0) is 18.9 Å². The number of nitrogens with one attached hydrogen (secondary N) is 1. The van der Waals surface area contributed by atoms with Crippen molar-refractivity contribution in [1.82, 2.24) is 0 Å². The molecule has 0 saturated heterocycles. The Balaban J connectivity index is 2.79. The Morgan fingerprint density at radius 1 is 1.39 bits per heavy atom. The van der Waals surface area contributed by atoms with Crippen LogP contribution in [0.3, 0.4) is 0 Å². The van der Waals surface area contributed by atoms with Gasteiger partial charge in [0.15, 0.2) is 0 Å².